The van der Waals surface area contributed by atoms with Gasteiger partial charge in [0.1, 0.15) is 17.7 Å². The Balaban J connectivity index is 2.35. The average molecular weight is 328 g/mol. The predicted molar refractivity (Wildman–Crippen MR) is 84.5 cm³/mol. The van der Waals surface area contributed by atoms with Crippen LogP contribution in [0, 0.1) is 5.82 Å². The van der Waals surface area contributed by atoms with Gasteiger partial charge in [0.15, 0.2) is 0 Å². The van der Waals surface area contributed by atoms with E-state index < -0.39 is 6.10 Å². The molecule has 0 aliphatic carbocycles. The molecule has 2 N–H and O–H groups in total. The summed E-state index contributed by atoms with van der Waals surface area (Å²) in [5, 5.41) is 0.877. The van der Waals surface area contributed by atoms with Crippen LogP contribution >= 0.6 is 23.2 Å². The van der Waals surface area contributed by atoms with E-state index in [-0.39, 0.29) is 11.9 Å². The highest BCUT2D eigenvalue weighted by atomic mass is 35.5. The van der Waals surface area contributed by atoms with Crippen molar-refractivity contribution in [1.82, 2.24) is 0 Å². The molecular weight excluding hydrogens is 312 g/mol. The molecule has 0 aliphatic rings. The van der Waals surface area contributed by atoms with Crippen LogP contribution in [0.3, 0.4) is 0 Å². The van der Waals surface area contributed by atoms with Crippen molar-refractivity contribution in [2.24, 2.45) is 5.73 Å². The molecule has 2 aromatic rings. The largest absolute Gasteiger partial charge is 0.482 e. The summed E-state index contributed by atoms with van der Waals surface area (Å²) in [6.07, 6.45) is 0.0272. The Hall–Kier alpha value is -1.29. The molecule has 2 unspecified atom stereocenters. The molecule has 2 atom stereocenters. The van der Waals surface area contributed by atoms with E-state index in [1.165, 1.54) is 6.07 Å². The van der Waals surface area contributed by atoms with Crippen LogP contribution in [-0.2, 0) is 0 Å². The fraction of sp³-hybridized carbons (Fsp3) is 0.250. The van der Waals surface area contributed by atoms with E-state index in [2.05, 4.69) is 0 Å². The van der Waals surface area contributed by atoms with E-state index in [1.807, 2.05) is 6.92 Å². The Morgan fingerprint density at radius 1 is 1.19 bits per heavy atom. The van der Waals surface area contributed by atoms with Crippen LogP contribution in [0.5, 0.6) is 5.75 Å². The summed E-state index contributed by atoms with van der Waals surface area (Å²) in [6.45, 7) is 1.92. The molecule has 0 saturated heterocycles. The fourth-order valence-corrected chi connectivity index (χ4v) is 2.46. The van der Waals surface area contributed by atoms with Crippen molar-refractivity contribution in [2.75, 3.05) is 0 Å². The first-order valence-electron chi connectivity index (χ1n) is 6.64. The minimum atomic E-state index is -0.616. The third-order valence-electron chi connectivity index (χ3n) is 3.22. The summed E-state index contributed by atoms with van der Waals surface area (Å²) in [5.74, 6) is 0.0784. The molecule has 2 rings (SSSR count). The Kier molecular flexibility index (Phi) is 5.45. The van der Waals surface area contributed by atoms with Gasteiger partial charge in [-0.3, -0.25) is 0 Å². The van der Waals surface area contributed by atoms with Crippen molar-refractivity contribution in [3.63, 3.8) is 0 Å². The van der Waals surface area contributed by atoms with Crippen molar-refractivity contribution in [2.45, 2.75) is 25.5 Å². The van der Waals surface area contributed by atoms with Crippen molar-refractivity contribution < 1.29 is 9.13 Å². The average Bonchev–Trinajstić information content (AvgIpc) is 2.47. The summed E-state index contributed by atoms with van der Waals surface area (Å²) < 4.78 is 19.9. The van der Waals surface area contributed by atoms with Crippen molar-refractivity contribution in [1.29, 1.82) is 0 Å². The van der Waals surface area contributed by atoms with Gasteiger partial charge in [-0.15, -0.1) is 0 Å². The zero-order valence-electron chi connectivity index (χ0n) is 11.5. The van der Waals surface area contributed by atoms with Crippen LogP contribution in [0.1, 0.15) is 25.0 Å². The summed E-state index contributed by atoms with van der Waals surface area (Å²) in [5.41, 5.74) is 6.50. The molecule has 0 spiro atoms. The second-order valence-electron chi connectivity index (χ2n) is 4.71. The van der Waals surface area contributed by atoms with Gasteiger partial charge < -0.3 is 10.5 Å². The van der Waals surface area contributed by atoms with E-state index in [0.717, 1.165) is 0 Å². The summed E-state index contributed by atoms with van der Waals surface area (Å²) in [4.78, 5) is 0. The molecule has 0 amide bonds. The SMILES string of the molecule is CCC(N)C(Oc1ccc(Cl)cc1Cl)c1ccccc1F. The second-order valence-corrected chi connectivity index (χ2v) is 5.55. The van der Waals surface area contributed by atoms with Gasteiger partial charge >= 0.3 is 0 Å². The molecule has 0 fully saturated rings. The molecule has 21 heavy (non-hydrogen) atoms. The smallest absolute Gasteiger partial charge is 0.142 e. The van der Waals surface area contributed by atoms with Crippen molar-refractivity contribution >= 4 is 23.2 Å². The number of halogens is 3. The van der Waals surface area contributed by atoms with Gasteiger partial charge in [-0.25, -0.2) is 4.39 Å². The van der Waals surface area contributed by atoms with Gasteiger partial charge in [0.25, 0.3) is 0 Å². The first-order valence-corrected chi connectivity index (χ1v) is 7.40. The first kappa shape index (κ1) is 16.1. The number of benzene rings is 2. The van der Waals surface area contributed by atoms with Crippen LogP contribution in [0.4, 0.5) is 4.39 Å². The van der Waals surface area contributed by atoms with Crippen molar-refractivity contribution in [3.8, 4) is 5.75 Å². The number of nitrogens with two attached hydrogens (primary N) is 1. The standard InChI is InChI=1S/C16H16Cl2FNO/c1-2-14(20)16(11-5-3-4-6-13(11)19)21-15-8-7-10(17)9-12(15)18/h3-9,14,16H,2,20H2,1H3. The van der Waals surface area contributed by atoms with E-state index in [0.29, 0.717) is 27.8 Å². The fourth-order valence-electron chi connectivity index (χ4n) is 2.01. The molecule has 0 aliphatic heterocycles. The van der Waals surface area contributed by atoms with Gasteiger partial charge in [0, 0.05) is 16.6 Å². The van der Waals surface area contributed by atoms with Crippen LogP contribution in [0.2, 0.25) is 10.0 Å². The topological polar surface area (TPSA) is 35.2 Å². The lowest BCUT2D eigenvalue weighted by Crippen LogP contribution is -2.32. The Bertz CT molecular complexity index is 621. The highest BCUT2D eigenvalue weighted by Crippen LogP contribution is 2.33. The summed E-state index contributed by atoms with van der Waals surface area (Å²) >= 11 is 12.0. The molecule has 0 saturated carbocycles. The maximum absolute atomic E-state index is 14.0. The highest BCUT2D eigenvalue weighted by Gasteiger charge is 2.24. The Morgan fingerprint density at radius 3 is 2.52 bits per heavy atom. The maximum atomic E-state index is 14.0. The van der Waals surface area contributed by atoms with Crippen LogP contribution in [-0.4, -0.2) is 6.04 Å². The third kappa shape index (κ3) is 3.88. The van der Waals surface area contributed by atoms with Crippen LogP contribution in [0.25, 0.3) is 0 Å². The van der Waals surface area contributed by atoms with E-state index in [1.54, 1.807) is 36.4 Å². The lowest BCUT2D eigenvalue weighted by atomic mass is 10.0. The van der Waals surface area contributed by atoms with Crippen molar-refractivity contribution in [3.05, 3.63) is 63.9 Å². The summed E-state index contributed by atoms with van der Waals surface area (Å²) in [6, 6.07) is 11.0. The minimum Gasteiger partial charge on any atom is -0.482 e. The monoisotopic (exact) mass is 327 g/mol. The highest BCUT2D eigenvalue weighted by molar-refractivity contribution is 6.35. The third-order valence-corrected chi connectivity index (χ3v) is 3.75. The summed E-state index contributed by atoms with van der Waals surface area (Å²) in [7, 11) is 0. The molecule has 2 aromatic carbocycles. The van der Waals surface area contributed by atoms with E-state index in [9.17, 15) is 4.39 Å². The normalized spacial score (nSPS) is 13.8. The van der Waals surface area contributed by atoms with Gasteiger partial charge in [-0.05, 0) is 30.7 Å². The predicted octanol–water partition coefficient (Wildman–Crippen LogP) is 4.99. The zero-order valence-corrected chi connectivity index (χ0v) is 13.0. The lowest BCUT2D eigenvalue weighted by molar-refractivity contribution is 0.166. The molecular formula is C16H16Cl2FNO. The molecule has 0 bridgehead atoms. The van der Waals surface area contributed by atoms with Crippen LogP contribution in [0.15, 0.2) is 42.5 Å². The molecule has 5 heteroatoms. The maximum Gasteiger partial charge on any atom is 0.142 e. The zero-order chi connectivity index (χ0) is 15.4. The quantitative estimate of drug-likeness (QED) is 0.839. The van der Waals surface area contributed by atoms with E-state index >= 15 is 0 Å². The number of rotatable bonds is 5. The Morgan fingerprint density at radius 2 is 1.90 bits per heavy atom. The molecule has 0 aromatic heterocycles. The molecule has 2 nitrogen and oxygen atoms in total. The number of hydrogen-bond acceptors (Lipinski definition) is 2. The second kappa shape index (κ2) is 7.12. The first-order chi connectivity index (χ1) is 10.0. The van der Waals surface area contributed by atoms with Gasteiger partial charge in [0.2, 0.25) is 0 Å². The molecule has 0 radical (unpaired) electrons. The lowest BCUT2D eigenvalue weighted by Gasteiger charge is -2.25. The van der Waals surface area contributed by atoms with E-state index in [4.69, 9.17) is 33.7 Å². The Labute approximate surface area is 133 Å². The van der Waals surface area contributed by atoms with Gasteiger partial charge in [-0.2, -0.15) is 0 Å². The van der Waals surface area contributed by atoms with Crippen LogP contribution < -0.4 is 10.5 Å². The van der Waals surface area contributed by atoms with Gasteiger partial charge in [0.05, 0.1) is 5.02 Å². The number of hydrogen-bond donors (Lipinski definition) is 1. The van der Waals surface area contributed by atoms with Gasteiger partial charge in [-0.1, -0.05) is 48.3 Å². The molecule has 0 heterocycles. The minimum absolute atomic E-state index is 0.350. The molecule has 112 valence electrons. The number of ether oxygens (including phenoxy) is 1.